The van der Waals surface area contributed by atoms with Crippen LogP contribution >= 0.6 is 24.0 Å². The van der Waals surface area contributed by atoms with E-state index in [0.717, 1.165) is 42.3 Å². The molecule has 29 heavy (non-hydrogen) atoms. The van der Waals surface area contributed by atoms with Crippen LogP contribution in [0, 0.1) is 12.7 Å². The quantitative estimate of drug-likeness (QED) is 0.352. The molecule has 1 aromatic heterocycles. The summed E-state index contributed by atoms with van der Waals surface area (Å²) < 4.78 is 19.4. The Hall–Kier alpha value is -2.10. The molecule has 1 saturated heterocycles. The molecule has 0 radical (unpaired) electrons. The molecule has 1 aliphatic heterocycles. The van der Waals surface area contributed by atoms with Gasteiger partial charge < -0.3 is 20.3 Å². The molecular weight excluding hydrogens is 484 g/mol. The van der Waals surface area contributed by atoms with Crippen molar-refractivity contribution in [1.29, 1.82) is 0 Å². The highest BCUT2D eigenvalue weighted by atomic mass is 127. The Morgan fingerprint density at radius 2 is 2.21 bits per heavy atom. The molecule has 158 valence electrons. The van der Waals surface area contributed by atoms with Gasteiger partial charge in [0.2, 0.25) is 0 Å². The van der Waals surface area contributed by atoms with Gasteiger partial charge in [0.1, 0.15) is 5.75 Å². The first-order chi connectivity index (χ1) is 13.6. The summed E-state index contributed by atoms with van der Waals surface area (Å²) in [6.45, 7) is 6.84. The standard InChI is InChI=1S/C21H28FN5O.HI/c1-4-23-21(25-13-16-8-7-15(2)19(12-16)28-3)26-17-9-11-27(14-17)20-18(22)6-5-10-24-20;/h5-8,10,12,17H,4,9,11,13-14H2,1-3H3,(H2,23,25,26);1H. The number of methoxy groups -OCH3 is 1. The van der Waals surface area contributed by atoms with E-state index < -0.39 is 0 Å². The Morgan fingerprint density at radius 3 is 2.93 bits per heavy atom. The molecule has 1 aromatic carbocycles. The van der Waals surface area contributed by atoms with Gasteiger partial charge in [-0.25, -0.2) is 14.4 Å². The number of aryl methyl sites for hydroxylation is 1. The summed E-state index contributed by atoms with van der Waals surface area (Å²) in [6, 6.07) is 9.37. The molecule has 8 heteroatoms. The van der Waals surface area contributed by atoms with Crippen LogP contribution in [0.5, 0.6) is 5.75 Å². The number of hydrogen-bond acceptors (Lipinski definition) is 4. The maximum absolute atomic E-state index is 14.0. The second-order valence-electron chi connectivity index (χ2n) is 6.88. The highest BCUT2D eigenvalue weighted by molar-refractivity contribution is 14.0. The zero-order valence-corrected chi connectivity index (χ0v) is 19.4. The normalized spacial score (nSPS) is 16.3. The number of ether oxygens (including phenoxy) is 1. The summed E-state index contributed by atoms with van der Waals surface area (Å²) in [6.07, 6.45) is 2.53. The SMILES string of the molecule is CCNC(=NCc1ccc(C)c(OC)c1)NC1CCN(c2ncccc2F)C1.I. The fraction of sp³-hybridized carbons (Fsp3) is 0.429. The van der Waals surface area contributed by atoms with Gasteiger partial charge in [0.25, 0.3) is 0 Å². The van der Waals surface area contributed by atoms with Crippen LogP contribution < -0.4 is 20.3 Å². The zero-order chi connectivity index (χ0) is 19.9. The predicted octanol–water partition coefficient (Wildman–Crippen LogP) is 3.49. The molecular formula is C21H29FIN5O. The van der Waals surface area contributed by atoms with E-state index in [1.165, 1.54) is 6.07 Å². The molecule has 0 bridgehead atoms. The monoisotopic (exact) mass is 513 g/mol. The molecule has 1 unspecified atom stereocenters. The van der Waals surface area contributed by atoms with Crippen LogP contribution in [0.2, 0.25) is 0 Å². The molecule has 1 aliphatic rings. The third-order valence-electron chi connectivity index (χ3n) is 4.80. The number of hydrogen-bond donors (Lipinski definition) is 2. The first kappa shape index (κ1) is 23.2. The second kappa shape index (κ2) is 11.2. The highest BCUT2D eigenvalue weighted by Gasteiger charge is 2.25. The minimum absolute atomic E-state index is 0. The Labute approximate surface area is 189 Å². The van der Waals surface area contributed by atoms with Gasteiger partial charge in [-0.2, -0.15) is 0 Å². The lowest BCUT2D eigenvalue weighted by Gasteiger charge is -2.20. The maximum atomic E-state index is 14.0. The van der Waals surface area contributed by atoms with E-state index in [1.807, 2.05) is 30.9 Å². The van der Waals surface area contributed by atoms with Crippen LogP contribution in [-0.4, -0.2) is 43.7 Å². The van der Waals surface area contributed by atoms with Crippen molar-refractivity contribution in [2.24, 2.45) is 4.99 Å². The Morgan fingerprint density at radius 1 is 1.38 bits per heavy atom. The van der Waals surface area contributed by atoms with Crippen LogP contribution in [0.15, 0.2) is 41.5 Å². The van der Waals surface area contributed by atoms with Gasteiger partial charge in [-0.1, -0.05) is 12.1 Å². The Kier molecular flexibility index (Phi) is 8.94. The number of aliphatic imine (C=N–C) groups is 1. The topological polar surface area (TPSA) is 61.8 Å². The van der Waals surface area contributed by atoms with E-state index in [0.29, 0.717) is 18.9 Å². The van der Waals surface area contributed by atoms with Crippen LogP contribution in [0.25, 0.3) is 0 Å². The van der Waals surface area contributed by atoms with E-state index in [4.69, 9.17) is 9.73 Å². The van der Waals surface area contributed by atoms with E-state index in [9.17, 15) is 4.39 Å². The molecule has 3 rings (SSSR count). The first-order valence-corrected chi connectivity index (χ1v) is 9.64. The maximum Gasteiger partial charge on any atom is 0.191 e. The summed E-state index contributed by atoms with van der Waals surface area (Å²) >= 11 is 0. The van der Waals surface area contributed by atoms with Crippen molar-refractivity contribution in [2.45, 2.75) is 32.9 Å². The van der Waals surface area contributed by atoms with Gasteiger partial charge in [-0.05, 0) is 49.6 Å². The smallest absolute Gasteiger partial charge is 0.191 e. The molecule has 1 atom stereocenters. The predicted molar refractivity (Wildman–Crippen MR) is 126 cm³/mol. The molecule has 6 nitrogen and oxygen atoms in total. The van der Waals surface area contributed by atoms with E-state index in [1.54, 1.807) is 19.4 Å². The van der Waals surface area contributed by atoms with Gasteiger partial charge in [-0.3, -0.25) is 0 Å². The van der Waals surface area contributed by atoms with Crippen molar-refractivity contribution < 1.29 is 9.13 Å². The van der Waals surface area contributed by atoms with Crippen molar-refractivity contribution in [1.82, 2.24) is 15.6 Å². The van der Waals surface area contributed by atoms with Crippen molar-refractivity contribution in [3.63, 3.8) is 0 Å². The van der Waals surface area contributed by atoms with E-state index >= 15 is 0 Å². The molecule has 0 saturated carbocycles. The molecule has 0 spiro atoms. The molecule has 1 fully saturated rings. The van der Waals surface area contributed by atoms with Crippen molar-refractivity contribution in [3.8, 4) is 5.75 Å². The van der Waals surface area contributed by atoms with Gasteiger partial charge in [0, 0.05) is 31.9 Å². The largest absolute Gasteiger partial charge is 0.496 e. The lowest BCUT2D eigenvalue weighted by atomic mass is 10.1. The lowest BCUT2D eigenvalue weighted by Crippen LogP contribution is -2.44. The highest BCUT2D eigenvalue weighted by Crippen LogP contribution is 2.21. The minimum atomic E-state index is -0.281. The number of guanidine groups is 1. The van der Waals surface area contributed by atoms with Gasteiger partial charge >= 0.3 is 0 Å². The summed E-state index contributed by atoms with van der Waals surface area (Å²) in [5.41, 5.74) is 2.19. The number of pyridine rings is 1. The average Bonchev–Trinajstić information content (AvgIpc) is 3.16. The van der Waals surface area contributed by atoms with Crippen LogP contribution in [0.4, 0.5) is 10.2 Å². The average molecular weight is 513 g/mol. The molecule has 2 aromatic rings. The number of aromatic nitrogens is 1. The van der Waals surface area contributed by atoms with Crippen LogP contribution in [0.3, 0.4) is 0 Å². The van der Waals surface area contributed by atoms with E-state index in [2.05, 4.69) is 21.7 Å². The van der Waals surface area contributed by atoms with Gasteiger partial charge in [-0.15, -0.1) is 24.0 Å². The fourth-order valence-corrected chi connectivity index (χ4v) is 3.33. The van der Waals surface area contributed by atoms with Gasteiger partial charge in [0.15, 0.2) is 17.6 Å². The number of halogens is 2. The first-order valence-electron chi connectivity index (χ1n) is 9.64. The Balaban J connectivity index is 0.00000300. The summed E-state index contributed by atoms with van der Waals surface area (Å²) in [5.74, 6) is 1.77. The summed E-state index contributed by atoms with van der Waals surface area (Å²) in [4.78, 5) is 10.8. The van der Waals surface area contributed by atoms with Gasteiger partial charge in [0.05, 0.1) is 13.7 Å². The number of nitrogens with zero attached hydrogens (tertiary/aromatic N) is 3. The molecule has 0 amide bonds. The fourth-order valence-electron chi connectivity index (χ4n) is 3.33. The number of anilines is 1. The van der Waals surface area contributed by atoms with Crippen molar-refractivity contribution >= 4 is 35.8 Å². The molecule has 2 heterocycles. The number of rotatable bonds is 6. The lowest BCUT2D eigenvalue weighted by molar-refractivity contribution is 0.411. The zero-order valence-electron chi connectivity index (χ0n) is 17.1. The molecule has 0 aliphatic carbocycles. The summed E-state index contributed by atoms with van der Waals surface area (Å²) in [7, 11) is 1.68. The molecule has 2 N–H and O–H groups in total. The van der Waals surface area contributed by atoms with Crippen LogP contribution in [-0.2, 0) is 6.54 Å². The number of benzene rings is 1. The minimum Gasteiger partial charge on any atom is -0.496 e. The Bertz CT molecular complexity index is 832. The second-order valence-corrected chi connectivity index (χ2v) is 6.88. The van der Waals surface area contributed by atoms with Crippen molar-refractivity contribution in [2.75, 3.05) is 31.6 Å². The number of nitrogens with one attached hydrogen (secondary N) is 2. The van der Waals surface area contributed by atoms with Crippen molar-refractivity contribution in [3.05, 3.63) is 53.5 Å². The third-order valence-corrected chi connectivity index (χ3v) is 4.80. The van der Waals surface area contributed by atoms with E-state index in [-0.39, 0.29) is 35.8 Å². The van der Waals surface area contributed by atoms with Crippen LogP contribution in [0.1, 0.15) is 24.5 Å². The third kappa shape index (κ3) is 6.19. The summed E-state index contributed by atoms with van der Waals surface area (Å²) in [5, 5.41) is 6.75.